The molecule has 0 aromatic heterocycles. The summed E-state index contributed by atoms with van der Waals surface area (Å²) in [5, 5.41) is 0. The first-order valence-corrected chi connectivity index (χ1v) is 4.91. The van der Waals surface area contributed by atoms with Crippen LogP contribution in [0.3, 0.4) is 0 Å². The smallest absolute Gasteiger partial charge is 0.0537 e. The van der Waals surface area contributed by atoms with Gasteiger partial charge in [-0.1, -0.05) is 41.3 Å². The van der Waals surface area contributed by atoms with E-state index < -0.39 is 0 Å². The number of alkyl halides is 1. The molecule has 0 bridgehead atoms. The van der Waals surface area contributed by atoms with Crippen LogP contribution in [0.1, 0.15) is 0 Å². The Morgan fingerprint density at radius 1 is 1.56 bits per heavy atom. The summed E-state index contributed by atoms with van der Waals surface area (Å²) in [7, 11) is 0. The number of hydrogen-bond donors (Lipinski definition) is 0. The molecule has 0 saturated heterocycles. The normalized spacial score (nSPS) is 26.2. The summed E-state index contributed by atoms with van der Waals surface area (Å²) in [6, 6.07) is 0. The lowest BCUT2D eigenvalue weighted by Crippen LogP contribution is -1.97. The predicted octanol–water partition coefficient (Wildman–Crippen LogP) is 3.23. The molecule has 0 nitrogen and oxygen atoms in total. The monoisotopic (exact) mass is 344 g/mol. The molecular formula is C7H6I2. The highest BCUT2D eigenvalue weighted by Gasteiger charge is 2.05. The quantitative estimate of drug-likeness (QED) is 0.468. The Labute approximate surface area is 82.4 Å². The van der Waals surface area contributed by atoms with Gasteiger partial charge in [0.05, 0.1) is 3.92 Å². The standard InChI is InChI=1S/C7H6I2/c1-5-4-6(8)2-3-7(5)9/h2-4,7H,1H2. The van der Waals surface area contributed by atoms with Gasteiger partial charge in [0, 0.05) is 3.58 Å². The van der Waals surface area contributed by atoms with Crippen LogP contribution >= 0.6 is 45.2 Å². The second-order valence-electron chi connectivity index (χ2n) is 1.87. The van der Waals surface area contributed by atoms with E-state index in [1.165, 1.54) is 9.15 Å². The van der Waals surface area contributed by atoms with Crippen molar-refractivity contribution in [1.82, 2.24) is 0 Å². The van der Waals surface area contributed by atoms with Gasteiger partial charge in [-0.05, 0) is 34.2 Å². The topological polar surface area (TPSA) is 0 Å². The van der Waals surface area contributed by atoms with E-state index in [2.05, 4.69) is 70.0 Å². The summed E-state index contributed by atoms with van der Waals surface area (Å²) in [6.45, 7) is 3.91. The minimum absolute atomic E-state index is 0.501. The molecule has 1 aliphatic carbocycles. The molecule has 2 heteroatoms. The van der Waals surface area contributed by atoms with Crippen molar-refractivity contribution >= 4 is 45.2 Å². The van der Waals surface area contributed by atoms with Crippen LogP contribution in [-0.4, -0.2) is 3.92 Å². The van der Waals surface area contributed by atoms with E-state index >= 15 is 0 Å². The summed E-state index contributed by atoms with van der Waals surface area (Å²) in [6.07, 6.45) is 6.38. The zero-order valence-electron chi connectivity index (χ0n) is 4.77. The van der Waals surface area contributed by atoms with Gasteiger partial charge in [-0.15, -0.1) is 0 Å². The van der Waals surface area contributed by atoms with E-state index in [-0.39, 0.29) is 0 Å². The molecule has 0 aromatic carbocycles. The third-order valence-corrected chi connectivity index (χ3v) is 2.99. The van der Waals surface area contributed by atoms with Gasteiger partial charge in [0.25, 0.3) is 0 Å². The minimum Gasteiger partial charge on any atom is -0.0944 e. The Morgan fingerprint density at radius 3 is 2.67 bits per heavy atom. The maximum absolute atomic E-state index is 3.91. The molecule has 0 saturated carbocycles. The van der Waals surface area contributed by atoms with Crippen LogP contribution in [0.4, 0.5) is 0 Å². The largest absolute Gasteiger partial charge is 0.0944 e. The molecule has 9 heavy (non-hydrogen) atoms. The molecule has 0 heterocycles. The van der Waals surface area contributed by atoms with Crippen molar-refractivity contribution in [3.8, 4) is 0 Å². The minimum atomic E-state index is 0.501. The van der Waals surface area contributed by atoms with E-state index in [4.69, 9.17) is 0 Å². The van der Waals surface area contributed by atoms with E-state index in [0.717, 1.165) is 0 Å². The van der Waals surface area contributed by atoms with Crippen molar-refractivity contribution in [1.29, 1.82) is 0 Å². The Morgan fingerprint density at radius 2 is 2.22 bits per heavy atom. The lowest BCUT2D eigenvalue weighted by Gasteiger charge is -2.08. The molecular weight excluding hydrogens is 338 g/mol. The van der Waals surface area contributed by atoms with E-state index in [1.807, 2.05) is 0 Å². The van der Waals surface area contributed by atoms with Crippen molar-refractivity contribution in [2.75, 3.05) is 0 Å². The van der Waals surface area contributed by atoms with Crippen molar-refractivity contribution in [3.63, 3.8) is 0 Å². The zero-order valence-corrected chi connectivity index (χ0v) is 9.09. The molecule has 1 atom stereocenters. The fourth-order valence-corrected chi connectivity index (χ4v) is 1.60. The lowest BCUT2D eigenvalue weighted by molar-refractivity contribution is 1.34. The fraction of sp³-hybridized carbons (Fsp3) is 0.143. The van der Waals surface area contributed by atoms with Gasteiger partial charge in [-0.3, -0.25) is 0 Å². The molecule has 0 amide bonds. The molecule has 0 N–H and O–H groups in total. The van der Waals surface area contributed by atoms with Crippen molar-refractivity contribution < 1.29 is 0 Å². The van der Waals surface area contributed by atoms with Crippen LogP contribution in [0.15, 0.2) is 34.0 Å². The summed E-state index contributed by atoms with van der Waals surface area (Å²) in [5.74, 6) is 0. The predicted molar refractivity (Wildman–Crippen MR) is 58.2 cm³/mol. The highest BCUT2D eigenvalue weighted by Crippen LogP contribution is 2.24. The van der Waals surface area contributed by atoms with Crippen LogP contribution in [0, 0.1) is 0 Å². The first-order valence-electron chi connectivity index (χ1n) is 2.58. The fourth-order valence-electron chi connectivity index (χ4n) is 0.605. The summed E-state index contributed by atoms with van der Waals surface area (Å²) in [4.78, 5) is 0. The van der Waals surface area contributed by atoms with Crippen LogP contribution in [-0.2, 0) is 0 Å². The van der Waals surface area contributed by atoms with Gasteiger partial charge < -0.3 is 0 Å². The third-order valence-electron chi connectivity index (χ3n) is 1.10. The summed E-state index contributed by atoms with van der Waals surface area (Å²) >= 11 is 4.65. The maximum Gasteiger partial charge on any atom is 0.0537 e. The van der Waals surface area contributed by atoms with Crippen LogP contribution in [0.2, 0.25) is 0 Å². The molecule has 0 aliphatic heterocycles. The van der Waals surface area contributed by atoms with E-state index in [9.17, 15) is 0 Å². The average Bonchev–Trinajstić information content (AvgIpc) is 1.80. The Hall–Kier alpha value is 0.680. The van der Waals surface area contributed by atoms with Crippen molar-refractivity contribution in [2.24, 2.45) is 0 Å². The molecule has 1 unspecified atom stereocenters. The maximum atomic E-state index is 3.91. The Balaban J connectivity index is 2.82. The summed E-state index contributed by atoms with van der Waals surface area (Å²) < 4.78 is 1.77. The Kier molecular flexibility index (Phi) is 2.75. The van der Waals surface area contributed by atoms with Gasteiger partial charge in [0.1, 0.15) is 0 Å². The van der Waals surface area contributed by atoms with E-state index in [0.29, 0.717) is 3.92 Å². The van der Waals surface area contributed by atoms with Crippen molar-refractivity contribution in [3.05, 3.63) is 34.0 Å². The molecule has 48 valence electrons. The highest BCUT2D eigenvalue weighted by atomic mass is 127. The van der Waals surface area contributed by atoms with Gasteiger partial charge in [-0.25, -0.2) is 0 Å². The van der Waals surface area contributed by atoms with Crippen LogP contribution in [0.5, 0.6) is 0 Å². The van der Waals surface area contributed by atoms with Gasteiger partial charge in [0.15, 0.2) is 0 Å². The molecule has 0 spiro atoms. The molecule has 1 rings (SSSR count). The molecule has 0 aromatic rings. The lowest BCUT2D eigenvalue weighted by atomic mass is 10.1. The van der Waals surface area contributed by atoms with Crippen LogP contribution < -0.4 is 0 Å². The second kappa shape index (κ2) is 3.18. The third kappa shape index (κ3) is 2.07. The SMILES string of the molecule is C=C1C=C(I)C=CC1I. The van der Waals surface area contributed by atoms with Gasteiger partial charge in [0.2, 0.25) is 0 Å². The summed E-state index contributed by atoms with van der Waals surface area (Å²) in [5.41, 5.74) is 1.20. The molecule has 1 aliphatic rings. The first-order chi connectivity index (χ1) is 4.20. The number of allylic oxidation sites excluding steroid dienone is 5. The molecule has 0 radical (unpaired) electrons. The highest BCUT2D eigenvalue weighted by molar-refractivity contribution is 14.1. The van der Waals surface area contributed by atoms with Gasteiger partial charge >= 0.3 is 0 Å². The van der Waals surface area contributed by atoms with Gasteiger partial charge in [-0.2, -0.15) is 0 Å². The zero-order chi connectivity index (χ0) is 6.85. The number of halogens is 2. The number of hydrogen-bond acceptors (Lipinski definition) is 0. The van der Waals surface area contributed by atoms with E-state index in [1.54, 1.807) is 0 Å². The number of rotatable bonds is 0. The Bertz CT molecular complexity index is 189. The van der Waals surface area contributed by atoms with Crippen molar-refractivity contribution in [2.45, 2.75) is 3.92 Å². The first kappa shape index (κ1) is 7.78. The second-order valence-corrected chi connectivity index (χ2v) is 4.45. The van der Waals surface area contributed by atoms with Crippen LogP contribution in [0.25, 0.3) is 0 Å². The molecule has 0 fully saturated rings. The average molecular weight is 344 g/mol.